The molecule has 0 saturated carbocycles. The zero-order chi connectivity index (χ0) is 12.2. The molecule has 0 aromatic carbocycles. The Hall–Kier alpha value is -0.870. The molecule has 0 spiro atoms. The molecular formula is C10H11Cl2FN2O. The number of aromatic nitrogens is 1. The van der Waals surface area contributed by atoms with Crippen LogP contribution in [-0.2, 0) is 0 Å². The summed E-state index contributed by atoms with van der Waals surface area (Å²) in [7, 11) is 0. The standard InChI is InChI=1S/C10H11Cl2FN2O/c1-10(5-11,6-12)15-9(16)7-2-8(13)4-14-3-7/h2-4H,5-6H2,1H3,(H,15,16). The lowest BCUT2D eigenvalue weighted by atomic mass is 10.1. The fourth-order valence-corrected chi connectivity index (χ4v) is 1.40. The fraction of sp³-hybridized carbons (Fsp3) is 0.400. The van der Waals surface area contributed by atoms with Crippen LogP contribution in [0.5, 0.6) is 0 Å². The second-order valence-electron chi connectivity index (χ2n) is 3.67. The summed E-state index contributed by atoms with van der Waals surface area (Å²) >= 11 is 11.4. The Morgan fingerprint density at radius 3 is 2.62 bits per heavy atom. The fourth-order valence-electron chi connectivity index (χ4n) is 0.985. The number of nitrogens with one attached hydrogen (secondary N) is 1. The summed E-state index contributed by atoms with van der Waals surface area (Å²) in [5.74, 6) is -0.669. The first-order valence-electron chi connectivity index (χ1n) is 4.56. The molecule has 6 heteroatoms. The SMILES string of the molecule is CC(CCl)(CCl)NC(=O)c1cncc(F)c1. The largest absolute Gasteiger partial charge is 0.344 e. The van der Waals surface area contributed by atoms with Crippen molar-refractivity contribution in [1.29, 1.82) is 0 Å². The van der Waals surface area contributed by atoms with Crippen LogP contribution in [0.4, 0.5) is 4.39 Å². The van der Waals surface area contributed by atoms with Crippen molar-refractivity contribution >= 4 is 29.1 Å². The van der Waals surface area contributed by atoms with E-state index in [-0.39, 0.29) is 17.3 Å². The van der Waals surface area contributed by atoms with Crippen LogP contribution in [0.15, 0.2) is 18.5 Å². The van der Waals surface area contributed by atoms with Crippen LogP contribution in [0.25, 0.3) is 0 Å². The van der Waals surface area contributed by atoms with E-state index in [1.54, 1.807) is 6.92 Å². The van der Waals surface area contributed by atoms with Crippen molar-refractivity contribution < 1.29 is 9.18 Å². The number of halogens is 3. The molecule has 3 nitrogen and oxygen atoms in total. The number of amides is 1. The summed E-state index contributed by atoms with van der Waals surface area (Å²) in [6.45, 7) is 1.71. The van der Waals surface area contributed by atoms with Crippen molar-refractivity contribution in [2.75, 3.05) is 11.8 Å². The third kappa shape index (κ3) is 3.32. The van der Waals surface area contributed by atoms with E-state index < -0.39 is 17.3 Å². The van der Waals surface area contributed by atoms with Gasteiger partial charge in [-0.15, -0.1) is 23.2 Å². The topological polar surface area (TPSA) is 42.0 Å². The lowest BCUT2D eigenvalue weighted by Gasteiger charge is -2.25. The first kappa shape index (κ1) is 13.2. The molecule has 0 fully saturated rings. The molecule has 16 heavy (non-hydrogen) atoms. The van der Waals surface area contributed by atoms with E-state index in [0.717, 1.165) is 12.3 Å². The molecule has 1 N–H and O–H groups in total. The van der Waals surface area contributed by atoms with Gasteiger partial charge < -0.3 is 5.32 Å². The highest BCUT2D eigenvalue weighted by Crippen LogP contribution is 2.11. The Bertz CT molecular complexity index is 383. The minimum absolute atomic E-state index is 0.140. The van der Waals surface area contributed by atoms with E-state index >= 15 is 0 Å². The molecule has 1 aromatic heterocycles. The summed E-state index contributed by atoms with van der Waals surface area (Å²) in [5, 5.41) is 2.63. The van der Waals surface area contributed by atoms with E-state index in [1.807, 2.05) is 0 Å². The molecule has 0 atom stereocenters. The summed E-state index contributed by atoms with van der Waals surface area (Å²) in [6, 6.07) is 1.10. The van der Waals surface area contributed by atoms with E-state index in [4.69, 9.17) is 23.2 Å². The predicted octanol–water partition coefficient (Wildman–Crippen LogP) is 2.19. The molecular weight excluding hydrogens is 254 g/mol. The summed E-state index contributed by atoms with van der Waals surface area (Å²) < 4.78 is 12.8. The van der Waals surface area contributed by atoms with Crippen LogP contribution in [0.1, 0.15) is 17.3 Å². The van der Waals surface area contributed by atoms with Gasteiger partial charge >= 0.3 is 0 Å². The van der Waals surface area contributed by atoms with E-state index in [1.165, 1.54) is 6.20 Å². The van der Waals surface area contributed by atoms with Crippen molar-refractivity contribution in [3.8, 4) is 0 Å². The molecule has 1 rings (SSSR count). The predicted molar refractivity (Wildman–Crippen MR) is 61.5 cm³/mol. The average Bonchev–Trinajstić information content (AvgIpc) is 2.29. The summed E-state index contributed by atoms with van der Waals surface area (Å²) in [4.78, 5) is 15.3. The lowest BCUT2D eigenvalue weighted by molar-refractivity contribution is 0.0920. The van der Waals surface area contributed by atoms with Crippen LogP contribution in [-0.4, -0.2) is 28.2 Å². The third-order valence-electron chi connectivity index (χ3n) is 1.97. The molecule has 0 aliphatic heterocycles. The Morgan fingerprint density at radius 2 is 2.12 bits per heavy atom. The number of hydrogen-bond donors (Lipinski definition) is 1. The maximum Gasteiger partial charge on any atom is 0.253 e. The maximum absolute atomic E-state index is 12.8. The van der Waals surface area contributed by atoms with Crippen LogP contribution in [0.2, 0.25) is 0 Å². The number of nitrogens with zero attached hydrogens (tertiary/aromatic N) is 1. The third-order valence-corrected chi connectivity index (χ3v) is 3.15. The van der Waals surface area contributed by atoms with Crippen molar-refractivity contribution in [3.63, 3.8) is 0 Å². The van der Waals surface area contributed by atoms with Gasteiger partial charge in [0.2, 0.25) is 0 Å². The van der Waals surface area contributed by atoms with Crippen LogP contribution >= 0.6 is 23.2 Å². The molecule has 0 bridgehead atoms. The van der Waals surface area contributed by atoms with Gasteiger partial charge in [0.15, 0.2) is 0 Å². The minimum Gasteiger partial charge on any atom is -0.344 e. The molecule has 1 aromatic rings. The summed E-state index contributed by atoms with van der Waals surface area (Å²) in [5.41, 5.74) is -0.576. The second kappa shape index (κ2) is 5.46. The molecule has 0 unspecified atom stereocenters. The second-order valence-corrected chi connectivity index (χ2v) is 4.21. The van der Waals surface area contributed by atoms with Crippen molar-refractivity contribution in [3.05, 3.63) is 29.8 Å². The Kier molecular flexibility index (Phi) is 4.50. The van der Waals surface area contributed by atoms with Gasteiger partial charge in [0.05, 0.1) is 17.3 Å². The molecule has 0 aliphatic carbocycles. The van der Waals surface area contributed by atoms with Crippen LogP contribution in [0.3, 0.4) is 0 Å². The molecule has 0 saturated heterocycles. The van der Waals surface area contributed by atoms with Gasteiger partial charge in [-0.25, -0.2) is 4.39 Å². The lowest BCUT2D eigenvalue weighted by Crippen LogP contribution is -2.49. The number of hydrogen-bond acceptors (Lipinski definition) is 2. The number of pyridine rings is 1. The Labute approximate surface area is 103 Å². The quantitative estimate of drug-likeness (QED) is 0.848. The van der Waals surface area contributed by atoms with Gasteiger partial charge in [0.25, 0.3) is 5.91 Å². The number of carbonyl (C=O) groups is 1. The van der Waals surface area contributed by atoms with E-state index in [2.05, 4.69) is 10.3 Å². The van der Waals surface area contributed by atoms with Crippen LogP contribution in [0, 0.1) is 5.82 Å². The highest BCUT2D eigenvalue weighted by Gasteiger charge is 2.25. The highest BCUT2D eigenvalue weighted by atomic mass is 35.5. The number of rotatable bonds is 4. The molecule has 0 aliphatic rings. The summed E-state index contributed by atoms with van der Waals surface area (Å²) in [6.07, 6.45) is 2.31. The van der Waals surface area contributed by atoms with Gasteiger partial charge in [0.1, 0.15) is 5.82 Å². The van der Waals surface area contributed by atoms with Crippen LogP contribution < -0.4 is 5.32 Å². The maximum atomic E-state index is 12.8. The molecule has 1 amide bonds. The first-order valence-corrected chi connectivity index (χ1v) is 5.62. The van der Waals surface area contributed by atoms with Crippen molar-refractivity contribution in [1.82, 2.24) is 10.3 Å². The molecule has 1 heterocycles. The number of carbonyl (C=O) groups excluding carboxylic acids is 1. The molecule has 0 radical (unpaired) electrons. The first-order chi connectivity index (χ1) is 7.50. The van der Waals surface area contributed by atoms with Crippen molar-refractivity contribution in [2.24, 2.45) is 0 Å². The minimum atomic E-state index is -0.716. The van der Waals surface area contributed by atoms with E-state index in [0.29, 0.717) is 0 Å². The van der Waals surface area contributed by atoms with Gasteiger partial charge in [0, 0.05) is 18.0 Å². The van der Waals surface area contributed by atoms with Gasteiger partial charge in [-0.1, -0.05) is 0 Å². The van der Waals surface area contributed by atoms with Gasteiger partial charge in [-0.3, -0.25) is 9.78 Å². The van der Waals surface area contributed by atoms with Gasteiger partial charge in [-0.2, -0.15) is 0 Å². The highest BCUT2D eigenvalue weighted by molar-refractivity contribution is 6.22. The Balaban J connectivity index is 2.80. The zero-order valence-electron chi connectivity index (χ0n) is 8.64. The monoisotopic (exact) mass is 264 g/mol. The molecule has 88 valence electrons. The van der Waals surface area contributed by atoms with Crippen molar-refractivity contribution in [2.45, 2.75) is 12.5 Å². The Morgan fingerprint density at radius 1 is 1.50 bits per heavy atom. The average molecular weight is 265 g/mol. The van der Waals surface area contributed by atoms with Gasteiger partial charge in [-0.05, 0) is 13.0 Å². The zero-order valence-corrected chi connectivity index (χ0v) is 10.1. The smallest absolute Gasteiger partial charge is 0.253 e. The van der Waals surface area contributed by atoms with E-state index in [9.17, 15) is 9.18 Å². The normalized spacial score (nSPS) is 11.2. The number of alkyl halides is 2.